The van der Waals surface area contributed by atoms with Crippen LogP contribution >= 0.6 is 12.2 Å². The quantitative estimate of drug-likeness (QED) is 0.134. The number of hydrogen-bond acceptors (Lipinski definition) is 6. The van der Waals surface area contributed by atoms with Gasteiger partial charge in [0.25, 0.3) is 5.69 Å². The third-order valence-electron chi connectivity index (χ3n) is 7.77. The molecule has 1 aliphatic heterocycles. The second-order valence-electron chi connectivity index (χ2n) is 10.9. The number of carbonyl (C=O) groups excluding carboxylic acids is 1. The number of aromatic nitrogens is 2. The molecule has 2 N–H and O–H groups in total. The first-order valence-electron chi connectivity index (χ1n) is 14.0. The van der Waals surface area contributed by atoms with Crippen molar-refractivity contribution < 1.29 is 14.5 Å². The molecule has 1 fully saturated rings. The maximum absolute atomic E-state index is 12.4. The van der Waals surface area contributed by atoms with Crippen LogP contribution in [-0.4, -0.2) is 32.6 Å². The Morgan fingerprint density at radius 1 is 1.12 bits per heavy atom. The first kappa shape index (κ1) is 29.7. The monoisotopic (exact) mass is 598 g/mol. The van der Waals surface area contributed by atoms with Crippen LogP contribution in [0.4, 0.5) is 17.1 Å². The number of nitrogens with zero attached hydrogens (tertiary/aromatic N) is 4. The molecule has 0 radical (unpaired) electrons. The summed E-state index contributed by atoms with van der Waals surface area (Å²) in [5.41, 5.74) is 6.91. The molecule has 0 saturated carbocycles. The van der Waals surface area contributed by atoms with E-state index in [4.69, 9.17) is 17.0 Å². The molecule has 3 heterocycles. The number of nitrogens with one attached hydrogen (secondary N) is 2. The van der Waals surface area contributed by atoms with E-state index in [0.717, 1.165) is 39.6 Å². The highest BCUT2D eigenvalue weighted by molar-refractivity contribution is 7.80. The third-order valence-corrected chi connectivity index (χ3v) is 8.09. The van der Waals surface area contributed by atoms with Gasteiger partial charge in [-0.25, -0.2) is 0 Å². The van der Waals surface area contributed by atoms with E-state index in [1.54, 1.807) is 12.3 Å². The number of benzene rings is 2. The number of pyridine rings is 1. The van der Waals surface area contributed by atoms with Crippen molar-refractivity contribution in [2.75, 3.05) is 17.3 Å². The molecule has 11 heteroatoms. The molecular weight excluding hydrogens is 564 g/mol. The summed E-state index contributed by atoms with van der Waals surface area (Å²) in [4.78, 5) is 30.1. The van der Waals surface area contributed by atoms with Gasteiger partial charge < -0.3 is 24.8 Å². The van der Waals surface area contributed by atoms with E-state index < -0.39 is 4.92 Å². The van der Waals surface area contributed by atoms with Crippen molar-refractivity contribution in [3.8, 4) is 11.4 Å². The first-order valence-corrected chi connectivity index (χ1v) is 14.4. The number of carbonyl (C=O) groups is 1. The molecule has 2 aromatic carbocycles. The van der Waals surface area contributed by atoms with Crippen LogP contribution < -0.4 is 20.3 Å². The summed E-state index contributed by atoms with van der Waals surface area (Å²) in [5, 5.41) is 18.5. The van der Waals surface area contributed by atoms with Crippen molar-refractivity contribution in [2.45, 2.75) is 46.7 Å². The maximum Gasteiger partial charge on any atom is 0.273 e. The number of aryl methyl sites for hydroxylation is 2. The Hall–Kier alpha value is -4.77. The molecule has 1 saturated heterocycles. The molecule has 1 aliphatic rings. The predicted molar refractivity (Wildman–Crippen MR) is 171 cm³/mol. The Balaban J connectivity index is 1.64. The molecule has 10 nitrogen and oxygen atoms in total. The summed E-state index contributed by atoms with van der Waals surface area (Å²) >= 11 is 5.94. The van der Waals surface area contributed by atoms with E-state index in [1.807, 2.05) is 75.6 Å². The average molecular weight is 599 g/mol. The van der Waals surface area contributed by atoms with Crippen LogP contribution in [0.25, 0.3) is 5.69 Å². The summed E-state index contributed by atoms with van der Waals surface area (Å²) in [6, 6.07) is 17.9. The highest BCUT2D eigenvalue weighted by Crippen LogP contribution is 2.45. The summed E-state index contributed by atoms with van der Waals surface area (Å²) in [6.45, 7) is 9.70. The van der Waals surface area contributed by atoms with Gasteiger partial charge in [-0.05, 0) is 86.6 Å². The van der Waals surface area contributed by atoms with Crippen LogP contribution in [-0.2, 0) is 4.79 Å². The number of nitro benzene ring substituents is 1. The van der Waals surface area contributed by atoms with Crippen LogP contribution in [0.3, 0.4) is 0 Å². The molecule has 43 heavy (non-hydrogen) atoms. The van der Waals surface area contributed by atoms with Gasteiger partial charge in [0, 0.05) is 40.9 Å². The van der Waals surface area contributed by atoms with Crippen LogP contribution in [0.15, 0.2) is 66.9 Å². The minimum absolute atomic E-state index is 0.0431. The second kappa shape index (κ2) is 11.8. The van der Waals surface area contributed by atoms with Crippen LogP contribution in [0.1, 0.15) is 54.1 Å². The molecule has 2 atom stereocenters. The van der Waals surface area contributed by atoms with Crippen molar-refractivity contribution in [1.29, 1.82) is 0 Å². The number of rotatable bonds is 8. The summed E-state index contributed by atoms with van der Waals surface area (Å²) in [6.07, 6.45) is 1.77. The number of nitro groups is 1. The standard InChI is InChI=1S/C32H34N6O4S/c1-18(2)31(39)34-25-12-10-22(15-19(25)3)37-30(29(35-32(37)43)26-9-7-8-14-33-26)24-16-20(4)36(21(24)5)27-13-11-23(38(40)41)17-28(27)42-6/h7-18,29-30H,1-6H3,(H,34,39)(H,35,43)/t29-,30-/m0/s1. The van der Waals surface area contributed by atoms with Crippen LogP contribution in [0.5, 0.6) is 5.75 Å². The van der Waals surface area contributed by atoms with Crippen LogP contribution in [0.2, 0.25) is 0 Å². The van der Waals surface area contributed by atoms with Crippen molar-refractivity contribution in [3.63, 3.8) is 0 Å². The van der Waals surface area contributed by atoms with Crippen LogP contribution in [0, 0.1) is 36.8 Å². The zero-order valence-electron chi connectivity index (χ0n) is 24.9. The Labute approximate surface area is 255 Å². The van der Waals surface area contributed by atoms with E-state index >= 15 is 0 Å². The number of non-ortho nitro benzene ring substituents is 1. The van der Waals surface area contributed by atoms with E-state index in [0.29, 0.717) is 16.5 Å². The van der Waals surface area contributed by atoms with E-state index in [9.17, 15) is 14.9 Å². The Bertz CT molecular complexity index is 1720. The van der Waals surface area contributed by atoms with Gasteiger partial charge in [0.15, 0.2) is 5.11 Å². The molecule has 0 bridgehead atoms. The molecule has 2 aromatic heterocycles. The normalized spacial score (nSPS) is 16.3. The highest BCUT2D eigenvalue weighted by atomic mass is 32.1. The maximum atomic E-state index is 12.4. The molecule has 0 spiro atoms. The van der Waals surface area contributed by atoms with Gasteiger partial charge in [0.2, 0.25) is 5.91 Å². The van der Waals surface area contributed by atoms with E-state index in [1.165, 1.54) is 19.2 Å². The van der Waals surface area contributed by atoms with Gasteiger partial charge in [0.1, 0.15) is 5.75 Å². The predicted octanol–water partition coefficient (Wildman–Crippen LogP) is 6.49. The minimum atomic E-state index is -0.435. The molecule has 222 valence electrons. The fourth-order valence-electron chi connectivity index (χ4n) is 5.59. The summed E-state index contributed by atoms with van der Waals surface area (Å²) in [5.74, 6) is 0.217. The SMILES string of the molecule is COc1cc([N+](=O)[O-])ccc1-n1c(C)cc([C@H]2[C@H](c3ccccn3)NC(=S)N2c2ccc(NC(=O)C(C)C)c(C)c2)c1C. The van der Waals surface area contributed by atoms with Gasteiger partial charge in [-0.1, -0.05) is 19.9 Å². The second-order valence-corrected chi connectivity index (χ2v) is 11.3. The molecule has 0 unspecified atom stereocenters. The van der Waals surface area contributed by atoms with E-state index in [2.05, 4.69) is 26.6 Å². The van der Waals surface area contributed by atoms with Gasteiger partial charge in [-0.3, -0.25) is 19.9 Å². The van der Waals surface area contributed by atoms with Crippen molar-refractivity contribution in [1.82, 2.24) is 14.9 Å². The fraction of sp³-hybridized carbons (Fsp3) is 0.281. The molecule has 5 rings (SSSR count). The Morgan fingerprint density at radius 3 is 2.51 bits per heavy atom. The molecule has 1 amide bonds. The molecule has 0 aliphatic carbocycles. The third kappa shape index (κ3) is 5.55. The topological polar surface area (TPSA) is 115 Å². The summed E-state index contributed by atoms with van der Waals surface area (Å²) < 4.78 is 7.64. The fourth-order valence-corrected chi connectivity index (χ4v) is 5.93. The molecule has 4 aromatic rings. The minimum Gasteiger partial charge on any atom is -0.494 e. The number of amides is 1. The zero-order chi connectivity index (χ0) is 31.0. The largest absolute Gasteiger partial charge is 0.494 e. The lowest BCUT2D eigenvalue weighted by atomic mass is 9.96. The molecular formula is C32H34N6O4S. The van der Waals surface area contributed by atoms with Gasteiger partial charge in [-0.15, -0.1) is 0 Å². The Kier molecular flexibility index (Phi) is 8.19. The van der Waals surface area contributed by atoms with E-state index in [-0.39, 0.29) is 29.6 Å². The number of methoxy groups -OCH3 is 1. The summed E-state index contributed by atoms with van der Waals surface area (Å²) in [7, 11) is 1.51. The van der Waals surface area contributed by atoms with Gasteiger partial charge >= 0.3 is 0 Å². The van der Waals surface area contributed by atoms with Crippen molar-refractivity contribution in [2.24, 2.45) is 5.92 Å². The number of thiocarbonyl (C=S) groups is 1. The van der Waals surface area contributed by atoms with Crippen molar-refractivity contribution >= 4 is 40.3 Å². The zero-order valence-corrected chi connectivity index (χ0v) is 25.7. The van der Waals surface area contributed by atoms with Gasteiger partial charge in [0.05, 0.1) is 41.6 Å². The average Bonchev–Trinajstić information content (AvgIpc) is 3.48. The number of hydrogen-bond donors (Lipinski definition) is 2. The Morgan fingerprint density at radius 2 is 1.88 bits per heavy atom. The highest BCUT2D eigenvalue weighted by Gasteiger charge is 2.42. The number of ether oxygens (including phenoxy) is 1. The lowest BCUT2D eigenvalue weighted by molar-refractivity contribution is -0.384. The lowest BCUT2D eigenvalue weighted by Crippen LogP contribution is -2.29. The smallest absolute Gasteiger partial charge is 0.273 e. The lowest BCUT2D eigenvalue weighted by Gasteiger charge is -2.29. The number of anilines is 2. The first-order chi connectivity index (χ1) is 20.5. The van der Waals surface area contributed by atoms with Crippen molar-refractivity contribution in [3.05, 3.63) is 105 Å². The van der Waals surface area contributed by atoms with Gasteiger partial charge in [-0.2, -0.15) is 0 Å².